The average molecular weight is 379 g/mol. The number of rotatable bonds is 2. The zero-order chi connectivity index (χ0) is 18.3. The average Bonchev–Trinajstić information content (AvgIpc) is 2.61. The summed E-state index contributed by atoms with van der Waals surface area (Å²) in [5.41, 5.74) is -0.514. The first-order chi connectivity index (χ1) is 11.8. The van der Waals surface area contributed by atoms with Crippen molar-refractivity contribution in [2.45, 2.75) is 0 Å². The molecule has 0 atom stereocenters. The Morgan fingerprint density at radius 2 is 1.80 bits per heavy atom. The van der Waals surface area contributed by atoms with Crippen LogP contribution >= 0.6 is 23.2 Å². The summed E-state index contributed by atoms with van der Waals surface area (Å²) in [6.45, 7) is 0. The minimum Gasteiger partial charge on any atom is -0.319 e. The molecule has 1 aromatic carbocycles. The van der Waals surface area contributed by atoms with Gasteiger partial charge >= 0.3 is 5.69 Å². The van der Waals surface area contributed by atoms with Crippen molar-refractivity contribution < 1.29 is 4.79 Å². The highest BCUT2D eigenvalue weighted by Crippen LogP contribution is 2.29. The fraction of sp³-hybridized carbons (Fsp3) is 0.125. The van der Waals surface area contributed by atoms with Gasteiger partial charge in [0.15, 0.2) is 0 Å². The second-order valence-corrected chi connectivity index (χ2v) is 6.11. The summed E-state index contributed by atoms with van der Waals surface area (Å²) in [6, 6.07) is 7.70. The monoisotopic (exact) mass is 378 g/mol. The maximum absolute atomic E-state index is 12.4. The summed E-state index contributed by atoms with van der Waals surface area (Å²) in [4.78, 5) is 40.7. The van der Waals surface area contributed by atoms with E-state index >= 15 is 0 Å². The number of nitrogens with one attached hydrogen (secondary N) is 1. The van der Waals surface area contributed by atoms with Crippen molar-refractivity contribution in [3.05, 3.63) is 66.9 Å². The van der Waals surface area contributed by atoms with Gasteiger partial charge in [-0.25, -0.2) is 9.78 Å². The molecule has 128 valence electrons. The quantitative estimate of drug-likeness (QED) is 0.740. The molecule has 0 saturated heterocycles. The van der Waals surface area contributed by atoms with Crippen molar-refractivity contribution in [1.29, 1.82) is 0 Å². The van der Waals surface area contributed by atoms with Crippen molar-refractivity contribution in [2.24, 2.45) is 14.1 Å². The normalized spacial score (nSPS) is 10.9. The SMILES string of the molecule is Cn1c(=O)c2ccc(C(=O)Nc3cccc(Cl)c3Cl)nc2n(C)c1=O. The molecule has 25 heavy (non-hydrogen) atoms. The Balaban J connectivity index is 2.08. The maximum Gasteiger partial charge on any atom is 0.332 e. The van der Waals surface area contributed by atoms with Crippen LogP contribution in [0.3, 0.4) is 0 Å². The van der Waals surface area contributed by atoms with Gasteiger partial charge in [0.2, 0.25) is 0 Å². The van der Waals surface area contributed by atoms with E-state index in [1.807, 2.05) is 0 Å². The minimum absolute atomic E-state index is 0.0341. The maximum atomic E-state index is 12.4. The summed E-state index contributed by atoms with van der Waals surface area (Å²) in [5.74, 6) is -0.542. The Bertz CT molecular complexity index is 1130. The summed E-state index contributed by atoms with van der Waals surface area (Å²) in [6.07, 6.45) is 0. The molecule has 7 nitrogen and oxygen atoms in total. The van der Waals surface area contributed by atoms with Gasteiger partial charge in [0.05, 0.1) is 21.1 Å². The van der Waals surface area contributed by atoms with Crippen molar-refractivity contribution >= 4 is 45.8 Å². The first kappa shape index (κ1) is 17.2. The van der Waals surface area contributed by atoms with Crippen LogP contribution in [0, 0.1) is 0 Å². The summed E-state index contributed by atoms with van der Waals surface area (Å²) in [5, 5.41) is 3.35. The van der Waals surface area contributed by atoms with Crippen molar-refractivity contribution in [1.82, 2.24) is 14.1 Å². The van der Waals surface area contributed by atoms with Crippen LogP contribution in [0.1, 0.15) is 10.5 Å². The van der Waals surface area contributed by atoms with E-state index in [9.17, 15) is 14.4 Å². The Morgan fingerprint density at radius 1 is 1.08 bits per heavy atom. The lowest BCUT2D eigenvalue weighted by molar-refractivity contribution is 0.102. The van der Waals surface area contributed by atoms with Crippen LogP contribution in [-0.2, 0) is 14.1 Å². The Labute approximate surface area is 151 Å². The molecule has 9 heteroatoms. The molecule has 0 bridgehead atoms. The van der Waals surface area contributed by atoms with Crippen LogP contribution in [0.15, 0.2) is 39.9 Å². The van der Waals surface area contributed by atoms with Gasteiger partial charge in [0.25, 0.3) is 11.5 Å². The van der Waals surface area contributed by atoms with E-state index in [1.165, 1.54) is 30.8 Å². The van der Waals surface area contributed by atoms with Gasteiger partial charge in [-0.2, -0.15) is 0 Å². The molecule has 0 saturated carbocycles. The van der Waals surface area contributed by atoms with E-state index in [4.69, 9.17) is 23.2 Å². The van der Waals surface area contributed by atoms with Gasteiger partial charge in [0.1, 0.15) is 11.3 Å². The second kappa shape index (κ2) is 6.34. The summed E-state index contributed by atoms with van der Waals surface area (Å²) in [7, 11) is 2.86. The number of benzene rings is 1. The molecule has 0 aliphatic carbocycles. The molecular formula is C16H12Cl2N4O3. The first-order valence-electron chi connectivity index (χ1n) is 7.13. The van der Waals surface area contributed by atoms with Gasteiger partial charge in [-0.3, -0.25) is 18.7 Å². The number of hydrogen-bond donors (Lipinski definition) is 1. The standard InChI is InChI=1S/C16H12Cl2N4O3/c1-21-13-8(15(24)22(2)16(21)25)6-7-11(19-13)14(23)20-10-5-3-4-9(17)12(10)18/h3-7H,1-2H3,(H,20,23). The molecule has 0 unspecified atom stereocenters. The molecular weight excluding hydrogens is 367 g/mol. The molecule has 3 rings (SSSR count). The molecule has 0 spiro atoms. The number of amides is 1. The van der Waals surface area contributed by atoms with E-state index in [0.717, 1.165) is 4.57 Å². The predicted molar refractivity (Wildman–Crippen MR) is 96.6 cm³/mol. The summed E-state index contributed by atoms with van der Waals surface area (Å²) >= 11 is 12.0. The van der Waals surface area contributed by atoms with Gasteiger partial charge in [0, 0.05) is 14.1 Å². The number of carbonyl (C=O) groups is 1. The van der Waals surface area contributed by atoms with Crippen LogP contribution in [0.25, 0.3) is 11.0 Å². The van der Waals surface area contributed by atoms with Crippen LogP contribution in [0.2, 0.25) is 10.0 Å². The van der Waals surface area contributed by atoms with E-state index in [0.29, 0.717) is 10.7 Å². The largest absolute Gasteiger partial charge is 0.332 e. The number of fused-ring (bicyclic) bond motifs is 1. The smallest absolute Gasteiger partial charge is 0.319 e. The third kappa shape index (κ3) is 2.92. The van der Waals surface area contributed by atoms with Crippen LogP contribution in [0.5, 0.6) is 0 Å². The van der Waals surface area contributed by atoms with Crippen LogP contribution in [0.4, 0.5) is 5.69 Å². The molecule has 0 aliphatic heterocycles. The molecule has 3 aromatic rings. The fourth-order valence-electron chi connectivity index (χ4n) is 2.37. The topological polar surface area (TPSA) is 86.0 Å². The van der Waals surface area contributed by atoms with E-state index in [2.05, 4.69) is 10.3 Å². The minimum atomic E-state index is -0.542. The lowest BCUT2D eigenvalue weighted by Gasteiger charge is -2.10. The highest BCUT2D eigenvalue weighted by atomic mass is 35.5. The van der Waals surface area contributed by atoms with Crippen molar-refractivity contribution in [3.8, 4) is 0 Å². The lowest BCUT2D eigenvalue weighted by atomic mass is 10.2. The molecule has 2 heterocycles. The number of aryl methyl sites for hydroxylation is 1. The van der Waals surface area contributed by atoms with Crippen LogP contribution < -0.4 is 16.6 Å². The first-order valence-corrected chi connectivity index (χ1v) is 7.89. The summed E-state index contributed by atoms with van der Waals surface area (Å²) < 4.78 is 2.19. The van der Waals surface area contributed by atoms with Gasteiger partial charge in [-0.05, 0) is 24.3 Å². The van der Waals surface area contributed by atoms with E-state index in [1.54, 1.807) is 18.2 Å². The molecule has 1 amide bonds. The van der Waals surface area contributed by atoms with Crippen molar-refractivity contribution in [2.75, 3.05) is 5.32 Å². The molecule has 1 N–H and O–H groups in total. The van der Waals surface area contributed by atoms with Crippen molar-refractivity contribution in [3.63, 3.8) is 0 Å². The number of pyridine rings is 1. The molecule has 0 radical (unpaired) electrons. The van der Waals surface area contributed by atoms with E-state index < -0.39 is 17.2 Å². The number of carbonyl (C=O) groups excluding carboxylic acids is 1. The lowest BCUT2D eigenvalue weighted by Crippen LogP contribution is -2.37. The van der Waals surface area contributed by atoms with Crippen LogP contribution in [-0.4, -0.2) is 20.0 Å². The number of halogens is 2. The highest BCUT2D eigenvalue weighted by Gasteiger charge is 2.15. The van der Waals surface area contributed by atoms with Gasteiger partial charge in [-0.1, -0.05) is 29.3 Å². The fourth-order valence-corrected chi connectivity index (χ4v) is 2.72. The predicted octanol–water partition coefficient (Wildman–Crippen LogP) is 2.19. The number of aromatic nitrogens is 3. The molecule has 0 aliphatic rings. The van der Waals surface area contributed by atoms with Gasteiger partial charge in [-0.15, -0.1) is 0 Å². The third-order valence-corrected chi connectivity index (χ3v) is 4.55. The Kier molecular flexibility index (Phi) is 4.36. The molecule has 2 aromatic heterocycles. The molecule has 0 fully saturated rings. The Morgan fingerprint density at radius 3 is 2.52 bits per heavy atom. The second-order valence-electron chi connectivity index (χ2n) is 5.33. The highest BCUT2D eigenvalue weighted by molar-refractivity contribution is 6.44. The number of anilines is 1. The number of hydrogen-bond acceptors (Lipinski definition) is 4. The van der Waals surface area contributed by atoms with Gasteiger partial charge < -0.3 is 5.32 Å². The zero-order valence-electron chi connectivity index (χ0n) is 13.2. The van der Waals surface area contributed by atoms with E-state index in [-0.39, 0.29) is 21.7 Å². The third-order valence-electron chi connectivity index (χ3n) is 3.73. The number of nitrogens with zero attached hydrogens (tertiary/aromatic N) is 3. The zero-order valence-corrected chi connectivity index (χ0v) is 14.7. The Hall–Kier alpha value is -2.64.